The number of hydrogen-bond donors (Lipinski definition) is 1. The van der Waals surface area contributed by atoms with Crippen molar-refractivity contribution in [2.45, 2.75) is 25.3 Å². The largest absolute Gasteiger partial charge is 0.459 e. The number of anilines is 1. The van der Waals surface area contributed by atoms with Gasteiger partial charge in [0.15, 0.2) is 10.9 Å². The Morgan fingerprint density at radius 2 is 2.11 bits per heavy atom. The van der Waals surface area contributed by atoms with E-state index in [0.717, 1.165) is 18.5 Å². The van der Waals surface area contributed by atoms with Crippen molar-refractivity contribution in [3.8, 4) is 11.4 Å². The number of likely N-dealkylation sites (tertiary alicyclic amines) is 1. The fourth-order valence-electron chi connectivity index (χ4n) is 3.14. The van der Waals surface area contributed by atoms with Gasteiger partial charge in [0, 0.05) is 18.1 Å². The summed E-state index contributed by atoms with van der Waals surface area (Å²) in [4.78, 5) is 35.7. The van der Waals surface area contributed by atoms with Gasteiger partial charge in [-0.15, -0.1) is 11.3 Å². The Balaban J connectivity index is 1.48. The topological polar surface area (TPSA) is 88.3 Å². The molecule has 4 rings (SSSR count). The van der Waals surface area contributed by atoms with Crippen molar-refractivity contribution in [1.29, 1.82) is 0 Å². The van der Waals surface area contributed by atoms with Gasteiger partial charge in [-0.3, -0.25) is 14.6 Å². The zero-order chi connectivity index (χ0) is 18.6. The van der Waals surface area contributed by atoms with Crippen LogP contribution in [0.5, 0.6) is 0 Å². The molecule has 8 heteroatoms. The highest BCUT2D eigenvalue weighted by molar-refractivity contribution is 7.14. The van der Waals surface area contributed by atoms with E-state index in [2.05, 4.69) is 15.3 Å². The molecule has 1 N–H and O–H groups in total. The van der Waals surface area contributed by atoms with E-state index in [1.165, 1.54) is 17.6 Å². The molecule has 1 saturated heterocycles. The standard InChI is InChI=1S/C19H18N4O3S/c24-17(22-19-21-14(12-27-19)13-6-1-3-9-20-13)15-7-2-4-10-23(15)18(25)16-8-5-11-26-16/h1,3,5-6,8-9,11-12,15H,2,4,7,10H2,(H,21,22,24). The lowest BCUT2D eigenvalue weighted by atomic mass is 10.0. The molecular weight excluding hydrogens is 364 g/mol. The fourth-order valence-corrected chi connectivity index (χ4v) is 3.85. The summed E-state index contributed by atoms with van der Waals surface area (Å²) in [5.41, 5.74) is 1.46. The Kier molecular flexibility index (Phi) is 4.97. The third kappa shape index (κ3) is 3.75. The third-order valence-electron chi connectivity index (χ3n) is 4.46. The Morgan fingerprint density at radius 1 is 1.19 bits per heavy atom. The van der Waals surface area contributed by atoms with Gasteiger partial charge in [0.05, 0.1) is 12.0 Å². The molecule has 1 aliphatic rings. The Labute approximate surface area is 160 Å². The first-order valence-electron chi connectivity index (χ1n) is 8.74. The number of aromatic nitrogens is 2. The van der Waals surface area contributed by atoms with Gasteiger partial charge in [-0.25, -0.2) is 4.98 Å². The summed E-state index contributed by atoms with van der Waals surface area (Å²) in [7, 11) is 0. The second kappa shape index (κ2) is 7.71. The molecule has 3 aromatic rings. The van der Waals surface area contributed by atoms with Gasteiger partial charge in [-0.05, 0) is 43.5 Å². The zero-order valence-electron chi connectivity index (χ0n) is 14.5. The van der Waals surface area contributed by atoms with Gasteiger partial charge in [0.2, 0.25) is 5.91 Å². The molecule has 0 saturated carbocycles. The molecule has 1 aliphatic heterocycles. The summed E-state index contributed by atoms with van der Waals surface area (Å²) in [5.74, 6) is -0.230. The fraction of sp³-hybridized carbons (Fsp3) is 0.263. The molecule has 1 fully saturated rings. The van der Waals surface area contributed by atoms with E-state index in [4.69, 9.17) is 4.42 Å². The van der Waals surface area contributed by atoms with Crippen LogP contribution in [-0.2, 0) is 4.79 Å². The van der Waals surface area contributed by atoms with Crippen LogP contribution in [0, 0.1) is 0 Å². The van der Waals surface area contributed by atoms with E-state index in [9.17, 15) is 9.59 Å². The number of pyridine rings is 1. The van der Waals surface area contributed by atoms with Crippen LogP contribution in [0.15, 0.2) is 52.6 Å². The third-order valence-corrected chi connectivity index (χ3v) is 5.22. The van der Waals surface area contributed by atoms with Gasteiger partial charge in [0.1, 0.15) is 11.7 Å². The number of furan rings is 1. The number of carbonyl (C=O) groups excluding carboxylic acids is 2. The minimum Gasteiger partial charge on any atom is -0.459 e. The van der Waals surface area contributed by atoms with Crippen LogP contribution in [-0.4, -0.2) is 39.3 Å². The molecule has 7 nitrogen and oxygen atoms in total. The lowest BCUT2D eigenvalue weighted by Crippen LogP contribution is -2.49. The van der Waals surface area contributed by atoms with E-state index < -0.39 is 6.04 Å². The first kappa shape index (κ1) is 17.4. The second-order valence-electron chi connectivity index (χ2n) is 6.23. The molecule has 0 aliphatic carbocycles. The van der Waals surface area contributed by atoms with Gasteiger partial charge in [0.25, 0.3) is 5.91 Å². The quantitative estimate of drug-likeness (QED) is 0.747. The number of nitrogens with zero attached hydrogens (tertiary/aromatic N) is 3. The smallest absolute Gasteiger partial charge is 0.290 e. The maximum atomic E-state index is 12.8. The summed E-state index contributed by atoms with van der Waals surface area (Å²) in [6, 6.07) is 8.35. The molecule has 138 valence electrons. The lowest BCUT2D eigenvalue weighted by molar-refractivity contribution is -0.121. The average Bonchev–Trinajstić information content (AvgIpc) is 3.40. The van der Waals surface area contributed by atoms with Crippen molar-refractivity contribution in [2.75, 3.05) is 11.9 Å². The molecule has 0 aromatic carbocycles. The van der Waals surface area contributed by atoms with E-state index in [-0.39, 0.29) is 17.6 Å². The number of piperidine rings is 1. The SMILES string of the molecule is O=C(Nc1nc(-c2ccccn2)cs1)C1CCCCN1C(=O)c1ccco1. The van der Waals surface area contributed by atoms with Crippen molar-refractivity contribution in [1.82, 2.24) is 14.9 Å². The maximum Gasteiger partial charge on any atom is 0.290 e. The monoisotopic (exact) mass is 382 g/mol. The minimum absolute atomic E-state index is 0.225. The van der Waals surface area contributed by atoms with Crippen molar-refractivity contribution in [3.05, 3.63) is 53.9 Å². The van der Waals surface area contributed by atoms with Gasteiger partial charge in [-0.2, -0.15) is 0 Å². The number of amides is 2. The van der Waals surface area contributed by atoms with E-state index in [1.807, 2.05) is 23.6 Å². The summed E-state index contributed by atoms with van der Waals surface area (Å²) in [5, 5.41) is 5.20. The highest BCUT2D eigenvalue weighted by Crippen LogP contribution is 2.25. The number of nitrogens with one attached hydrogen (secondary N) is 1. The molecule has 4 heterocycles. The molecular formula is C19H18N4O3S. The average molecular weight is 382 g/mol. The van der Waals surface area contributed by atoms with Crippen LogP contribution in [0.4, 0.5) is 5.13 Å². The summed E-state index contributed by atoms with van der Waals surface area (Å²) >= 11 is 1.34. The summed E-state index contributed by atoms with van der Waals surface area (Å²) in [6.07, 6.45) is 5.55. The second-order valence-corrected chi connectivity index (χ2v) is 7.09. The minimum atomic E-state index is -0.529. The van der Waals surface area contributed by atoms with Gasteiger partial charge < -0.3 is 14.6 Å². The first-order chi connectivity index (χ1) is 13.2. The van der Waals surface area contributed by atoms with Crippen molar-refractivity contribution in [3.63, 3.8) is 0 Å². The maximum absolute atomic E-state index is 12.8. The van der Waals surface area contributed by atoms with Crippen LogP contribution >= 0.6 is 11.3 Å². The first-order valence-corrected chi connectivity index (χ1v) is 9.62. The van der Waals surface area contributed by atoms with Crippen molar-refractivity contribution >= 4 is 28.3 Å². The van der Waals surface area contributed by atoms with Crippen molar-refractivity contribution in [2.24, 2.45) is 0 Å². The number of rotatable bonds is 4. The van der Waals surface area contributed by atoms with E-state index >= 15 is 0 Å². The Morgan fingerprint density at radius 3 is 2.89 bits per heavy atom. The number of thiazole rings is 1. The number of carbonyl (C=O) groups is 2. The molecule has 1 unspecified atom stereocenters. The Hall–Kier alpha value is -3.00. The van der Waals surface area contributed by atoms with Crippen LogP contribution in [0.1, 0.15) is 29.8 Å². The van der Waals surface area contributed by atoms with Crippen LogP contribution in [0.2, 0.25) is 0 Å². The molecule has 0 spiro atoms. The molecule has 2 amide bonds. The van der Waals surface area contributed by atoms with Gasteiger partial charge in [-0.1, -0.05) is 6.07 Å². The van der Waals surface area contributed by atoms with Crippen LogP contribution < -0.4 is 5.32 Å². The summed E-state index contributed by atoms with van der Waals surface area (Å²) in [6.45, 7) is 0.536. The molecule has 3 aromatic heterocycles. The highest BCUT2D eigenvalue weighted by atomic mass is 32.1. The Bertz CT molecular complexity index is 924. The van der Waals surface area contributed by atoms with Crippen molar-refractivity contribution < 1.29 is 14.0 Å². The molecule has 0 bridgehead atoms. The predicted octanol–water partition coefficient (Wildman–Crippen LogP) is 3.43. The van der Waals surface area contributed by atoms with E-state index in [1.54, 1.807) is 23.2 Å². The molecule has 0 radical (unpaired) electrons. The lowest BCUT2D eigenvalue weighted by Gasteiger charge is -2.33. The summed E-state index contributed by atoms with van der Waals surface area (Å²) < 4.78 is 5.21. The number of hydrogen-bond acceptors (Lipinski definition) is 6. The van der Waals surface area contributed by atoms with Crippen LogP contribution in [0.3, 0.4) is 0 Å². The highest BCUT2D eigenvalue weighted by Gasteiger charge is 2.34. The van der Waals surface area contributed by atoms with Gasteiger partial charge >= 0.3 is 0 Å². The van der Waals surface area contributed by atoms with E-state index in [0.29, 0.717) is 23.8 Å². The van der Waals surface area contributed by atoms with Crippen LogP contribution in [0.25, 0.3) is 11.4 Å². The molecule has 1 atom stereocenters. The normalized spacial score (nSPS) is 16.9. The molecule has 27 heavy (non-hydrogen) atoms. The zero-order valence-corrected chi connectivity index (χ0v) is 15.3. The predicted molar refractivity (Wildman–Crippen MR) is 101 cm³/mol.